The van der Waals surface area contributed by atoms with Gasteiger partial charge in [-0.15, -0.1) is 12.4 Å². The first kappa shape index (κ1) is 17.3. The molecule has 1 aromatic rings. The third-order valence-electron chi connectivity index (χ3n) is 4.02. The fourth-order valence-electron chi connectivity index (χ4n) is 2.60. The average molecular weight is 299 g/mol. The van der Waals surface area contributed by atoms with Gasteiger partial charge in [-0.3, -0.25) is 0 Å². The van der Waals surface area contributed by atoms with Crippen LogP contribution in [0, 0.1) is 5.92 Å². The lowest BCUT2D eigenvalue weighted by Crippen LogP contribution is -2.35. The van der Waals surface area contributed by atoms with Gasteiger partial charge in [0.15, 0.2) is 0 Å². The van der Waals surface area contributed by atoms with Gasteiger partial charge in [-0.2, -0.15) is 0 Å². The van der Waals surface area contributed by atoms with E-state index in [1.807, 2.05) is 12.1 Å². The second-order valence-electron chi connectivity index (χ2n) is 5.55. The number of benzene rings is 1. The molecule has 0 atom stereocenters. The molecule has 0 saturated carbocycles. The Morgan fingerprint density at radius 1 is 1.20 bits per heavy atom. The minimum Gasteiger partial charge on any atom is -0.497 e. The molecule has 0 unspecified atom stereocenters. The van der Waals surface area contributed by atoms with Crippen LogP contribution in [0.4, 0.5) is 0 Å². The van der Waals surface area contributed by atoms with Gasteiger partial charge in [-0.25, -0.2) is 0 Å². The van der Waals surface area contributed by atoms with Crippen LogP contribution in [0.3, 0.4) is 0 Å². The van der Waals surface area contributed by atoms with Gasteiger partial charge in [0, 0.05) is 0 Å². The molecule has 1 aromatic carbocycles. The summed E-state index contributed by atoms with van der Waals surface area (Å²) in [5, 5.41) is 3.60. The quantitative estimate of drug-likeness (QED) is 0.817. The average Bonchev–Trinajstić information content (AvgIpc) is 2.46. The third kappa shape index (κ3) is 5.70. The lowest BCUT2D eigenvalue weighted by atomic mass is 9.97. The highest BCUT2D eigenvalue weighted by atomic mass is 35.5. The molecule has 1 aliphatic rings. The highest BCUT2D eigenvalue weighted by Crippen LogP contribution is 2.15. The van der Waals surface area contributed by atoms with Crippen LogP contribution in [0.15, 0.2) is 24.3 Å². The summed E-state index contributed by atoms with van der Waals surface area (Å²) in [4.78, 5) is 2.42. The highest BCUT2D eigenvalue weighted by molar-refractivity contribution is 5.85. The number of nitrogens with zero attached hydrogens (tertiary/aromatic N) is 1. The second-order valence-corrected chi connectivity index (χ2v) is 5.55. The van der Waals surface area contributed by atoms with Crippen molar-refractivity contribution in [1.82, 2.24) is 10.2 Å². The van der Waals surface area contributed by atoms with E-state index in [9.17, 15) is 0 Å². The Labute approximate surface area is 129 Å². The first-order valence-corrected chi connectivity index (χ1v) is 7.30. The molecular formula is C16H27ClN2O. The minimum atomic E-state index is 0. The van der Waals surface area contributed by atoms with Gasteiger partial charge < -0.3 is 15.0 Å². The van der Waals surface area contributed by atoms with E-state index < -0.39 is 0 Å². The van der Waals surface area contributed by atoms with Gasteiger partial charge in [0.1, 0.15) is 5.75 Å². The third-order valence-corrected chi connectivity index (χ3v) is 4.02. The molecule has 0 amide bonds. The number of rotatable bonds is 6. The summed E-state index contributed by atoms with van der Waals surface area (Å²) in [7, 11) is 3.92. The van der Waals surface area contributed by atoms with Crippen LogP contribution < -0.4 is 10.1 Å². The summed E-state index contributed by atoms with van der Waals surface area (Å²) in [6, 6.07) is 8.37. The first-order valence-electron chi connectivity index (χ1n) is 7.30. The summed E-state index contributed by atoms with van der Waals surface area (Å²) in [6.07, 6.45) is 3.77. The first-order chi connectivity index (χ1) is 9.28. The predicted molar refractivity (Wildman–Crippen MR) is 87.0 cm³/mol. The van der Waals surface area contributed by atoms with Gasteiger partial charge in [-0.05, 0) is 76.1 Å². The number of likely N-dealkylation sites (tertiary alicyclic amines) is 1. The van der Waals surface area contributed by atoms with Crippen LogP contribution in [-0.4, -0.2) is 45.2 Å². The van der Waals surface area contributed by atoms with Gasteiger partial charge in [0.25, 0.3) is 0 Å². The summed E-state index contributed by atoms with van der Waals surface area (Å²) in [5.74, 6) is 1.80. The largest absolute Gasteiger partial charge is 0.497 e. The Bertz CT molecular complexity index is 361. The monoisotopic (exact) mass is 298 g/mol. The molecule has 1 heterocycles. The lowest BCUT2D eigenvalue weighted by molar-refractivity contribution is 0.216. The smallest absolute Gasteiger partial charge is 0.118 e. The molecular weight excluding hydrogens is 272 g/mol. The minimum absolute atomic E-state index is 0. The zero-order valence-electron chi connectivity index (χ0n) is 12.6. The Balaban J connectivity index is 0.00000200. The molecule has 3 nitrogen and oxygen atoms in total. The van der Waals surface area contributed by atoms with E-state index in [0.717, 1.165) is 24.6 Å². The van der Waals surface area contributed by atoms with E-state index in [-0.39, 0.29) is 12.4 Å². The zero-order valence-corrected chi connectivity index (χ0v) is 13.4. The van der Waals surface area contributed by atoms with Crippen LogP contribution in [0.1, 0.15) is 18.4 Å². The number of halogens is 1. The van der Waals surface area contributed by atoms with Crippen molar-refractivity contribution in [3.05, 3.63) is 29.8 Å². The molecule has 20 heavy (non-hydrogen) atoms. The second kappa shape index (κ2) is 9.22. The van der Waals surface area contributed by atoms with E-state index in [1.165, 1.54) is 38.0 Å². The number of nitrogens with one attached hydrogen (secondary N) is 1. The summed E-state index contributed by atoms with van der Waals surface area (Å²) in [6.45, 7) is 4.75. The number of hydrogen-bond acceptors (Lipinski definition) is 3. The van der Waals surface area contributed by atoms with E-state index in [4.69, 9.17) is 4.74 Å². The molecule has 0 radical (unpaired) electrons. The molecule has 0 aliphatic carbocycles. The van der Waals surface area contributed by atoms with Crippen molar-refractivity contribution in [2.75, 3.05) is 40.3 Å². The Morgan fingerprint density at radius 2 is 1.85 bits per heavy atom. The van der Waals surface area contributed by atoms with Crippen LogP contribution in [0.2, 0.25) is 0 Å². The van der Waals surface area contributed by atoms with Gasteiger partial charge in [-0.1, -0.05) is 12.1 Å². The fourth-order valence-corrected chi connectivity index (χ4v) is 2.60. The molecule has 1 aliphatic heterocycles. The summed E-state index contributed by atoms with van der Waals surface area (Å²) in [5.41, 5.74) is 1.37. The normalized spacial score (nSPS) is 16.7. The van der Waals surface area contributed by atoms with Gasteiger partial charge in [0.2, 0.25) is 0 Å². The van der Waals surface area contributed by atoms with Crippen molar-refractivity contribution in [3.8, 4) is 5.75 Å². The number of piperidine rings is 1. The summed E-state index contributed by atoms with van der Waals surface area (Å²) >= 11 is 0. The van der Waals surface area contributed by atoms with Crippen molar-refractivity contribution in [3.63, 3.8) is 0 Å². The van der Waals surface area contributed by atoms with Crippen molar-refractivity contribution in [2.45, 2.75) is 19.3 Å². The maximum Gasteiger partial charge on any atom is 0.118 e. The Hall–Kier alpha value is -0.770. The van der Waals surface area contributed by atoms with E-state index in [0.29, 0.717) is 0 Å². The molecule has 1 saturated heterocycles. The molecule has 1 fully saturated rings. The SMILES string of the molecule is COc1ccc(CCNCC2CCN(C)CC2)cc1.Cl. The highest BCUT2D eigenvalue weighted by Gasteiger charge is 2.15. The molecule has 1 N–H and O–H groups in total. The van der Waals surface area contributed by atoms with Crippen LogP contribution in [-0.2, 0) is 6.42 Å². The zero-order chi connectivity index (χ0) is 13.5. The van der Waals surface area contributed by atoms with Gasteiger partial charge in [0.05, 0.1) is 7.11 Å². The number of hydrogen-bond donors (Lipinski definition) is 1. The molecule has 4 heteroatoms. The fraction of sp³-hybridized carbons (Fsp3) is 0.625. The maximum absolute atomic E-state index is 5.16. The van der Waals surface area contributed by atoms with Crippen molar-refractivity contribution < 1.29 is 4.74 Å². The van der Waals surface area contributed by atoms with Crippen molar-refractivity contribution >= 4 is 12.4 Å². The van der Waals surface area contributed by atoms with E-state index in [1.54, 1.807) is 7.11 Å². The summed E-state index contributed by atoms with van der Waals surface area (Å²) < 4.78 is 5.16. The van der Waals surface area contributed by atoms with Crippen molar-refractivity contribution in [2.24, 2.45) is 5.92 Å². The van der Waals surface area contributed by atoms with Crippen molar-refractivity contribution in [1.29, 1.82) is 0 Å². The van der Waals surface area contributed by atoms with Crippen LogP contribution in [0.25, 0.3) is 0 Å². The Morgan fingerprint density at radius 3 is 2.45 bits per heavy atom. The lowest BCUT2D eigenvalue weighted by Gasteiger charge is -2.29. The topological polar surface area (TPSA) is 24.5 Å². The van der Waals surface area contributed by atoms with Gasteiger partial charge >= 0.3 is 0 Å². The van der Waals surface area contributed by atoms with E-state index >= 15 is 0 Å². The molecule has 0 spiro atoms. The van der Waals surface area contributed by atoms with Crippen LogP contribution >= 0.6 is 12.4 Å². The standard InChI is InChI=1S/C16H26N2O.ClH/c1-18-11-8-15(9-12-18)13-17-10-7-14-3-5-16(19-2)6-4-14;/h3-6,15,17H,7-13H2,1-2H3;1H. The molecule has 114 valence electrons. The maximum atomic E-state index is 5.16. The van der Waals surface area contributed by atoms with E-state index in [2.05, 4.69) is 29.4 Å². The van der Waals surface area contributed by atoms with Crippen LogP contribution in [0.5, 0.6) is 5.75 Å². The Kier molecular flexibility index (Phi) is 7.97. The number of methoxy groups -OCH3 is 1. The molecule has 2 rings (SSSR count). The number of ether oxygens (including phenoxy) is 1. The molecule has 0 aromatic heterocycles. The molecule has 0 bridgehead atoms. The predicted octanol–water partition coefficient (Wildman–Crippen LogP) is 2.59.